The number of aromatic amines is 1. The zero-order valence-electron chi connectivity index (χ0n) is 18.6. The standard InChI is InChI=1S/C22H27N5O4S/c1-13-8-9-17(25-32(4,30)31)16(11-13)22(29)26-10-6-5-7-19(26)18-12-20-23-15(3)14(2)21(28)27(20)24-18/h8-9,11-12,19,24-25H,5-7,10H2,1-4H3/t19-/m0/s1. The number of hydrogen-bond acceptors (Lipinski definition) is 5. The van der Waals surface area contributed by atoms with Gasteiger partial charge in [-0.2, -0.15) is 0 Å². The molecule has 1 aliphatic rings. The summed E-state index contributed by atoms with van der Waals surface area (Å²) < 4.78 is 27.5. The number of sulfonamides is 1. The lowest BCUT2D eigenvalue weighted by atomic mass is 9.97. The zero-order valence-corrected chi connectivity index (χ0v) is 19.4. The molecule has 2 N–H and O–H groups in total. The number of benzene rings is 1. The number of nitrogens with zero attached hydrogens (tertiary/aromatic N) is 3. The number of piperidine rings is 1. The molecule has 1 aromatic carbocycles. The number of H-pyrrole nitrogens is 1. The van der Waals surface area contributed by atoms with Gasteiger partial charge in [-0.3, -0.25) is 19.4 Å². The molecule has 32 heavy (non-hydrogen) atoms. The number of carbonyl (C=O) groups excluding carboxylic acids is 1. The lowest BCUT2D eigenvalue weighted by Gasteiger charge is -2.35. The minimum absolute atomic E-state index is 0.161. The van der Waals surface area contributed by atoms with Crippen LogP contribution >= 0.6 is 0 Å². The maximum atomic E-state index is 13.6. The average Bonchev–Trinajstić information content (AvgIpc) is 3.16. The van der Waals surface area contributed by atoms with Crippen LogP contribution in [0.15, 0.2) is 29.1 Å². The van der Waals surface area contributed by atoms with Gasteiger partial charge in [0.25, 0.3) is 11.5 Å². The van der Waals surface area contributed by atoms with Crippen molar-refractivity contribution in [1.29, 1.82) is 0 Å². The summed E-state index contributed by atoms with van der Waals surface area (Å²) in [6.07, 6.45) is 3.57. The van der Waals surface area contributed by atoms with E-state index in [1.807, 2.05) is 13.0 Å². The van der Waals surface area contributed by atoms with Gasteiger partial charge >= 0.3 is 0 Å². The Morgan fingerprint density at radius 1 is 1.19 bits per heavy atom. The van der Waals surface area contributed by atoms with Crippen molar-refractivity contribution in [1.82, 2.24) is 19.5 Å². The Kier molecular flexibility index (Phi) is 5.58. The van der Waals surface area contributed by atoms with Crippen molar-refractivity contribution in [2.45, 2.75) is 46.1 Å². The molecule has 1 fully saturated rings. The van der Waals surface area contributed by atoms with Gasteiger partial charge in [-0.15, -0.1) is 0 Å². The number of fused-ring (bicyclic) bond motifs is 1. The normalized spacial score (nSPS) is 17.0. The minimum Gasteiger partial charge on any atom is -0.330 e. The van der Waals surface area contributed by atoms with Crippen molar-refractivity contribution in [3.8, 4) is 0 Å². The molecule has 0 unspecified atom stereocenters. The van der Waals surface area contributed by atoms with E-state index in [1.54, 1.807) is 36.9 Å². The number of rotatable bonds is 4. The smallest absolute Gasteiger partial charge is 0.275 e. The van der Waals surface area contributed by atoms with E-state index < -0.39 is 10.0 Å². The van der Waals surface area contributed by atoms with Gasteiger partial charge in [0.2, 0.25) is 10.0 Å². The molecule has 1 atom stereocenters. The Morgan fingerprint density at radius 3 is 2.66 bits per heavy atom. The van der Waals surface area contributed by atoms with Gasteiger partial charge in [0.1, 0.15) is 0 Å². The molecule has 9 nitrogen and oxygen atoms in total. The molecule has 0 bridgehead atoms. The van der Waals surface area contributed by atoms with Crippen LogP contribution in [0.5, 0.6) is 0 Å². The molecule has 10 heteroatoms. The Morgan fingerprint density at radius 2 is 1.94 bits per heavy atom. The molecule has 1 amide bonds. The summed E-state index contributed by atoms with van der Waals surface area (Å²) in [4.78, 5) is 32.5. The first kappa shape index (κ1) is 22.1. The number of anilines is 1. The Balaban J connectivity index is 1.76. The number of amides is 1. The Hall–Kier alpha value is -3.14. The van der Waals surface area contributed by atoms with Gasteiger partial charge in [0, 0.05) is 23.9 Å². The monoisotopic (exact) mass is 457 g/mol. The van der Waals surface area contributed by atoms with E-state index in [1.165, 1.54) is 4.52 Å². The van der Waals surface area contributed by atoms with E-state index in [4.69, 9.17) is 0 Å². The van der Waals surface area contributed by atoms with E-state index in [2.05, 4.69) is 14.8 Å². The summed E-state index contributed by atoms with van der Waals surface area (Å²) in [5, 5.41) is 3.14. The van der Waals surface area contributed by atoms with E-state index in [9.17, 15) is 18.0 Å². The second kappa shape index (κ2) is 8.09. The summed E-state index contributed by atoms with van der Waals surface area (Å²) in [7, 11) is -3.55. The van der Waals surface area contributed by atoms with Crippen molar-refractivity contribution in [2.75, 3.05) is 17.5 Å². The molecule has 0 saturated carbocycles. The third-order valence-corrected chi connectivity index (χ3v) is 6.52. The van der Waals surface area contributed by atoms with Gasteiger partial charge in [-0.05, 0) is 52.2 Å². The number of nitrogens with one attached hydrogen (secondary N) is 2. The first-order valence-electron chi connectivity index (χ1n) is 10.5. The molecule has 1 saturated heterocycles. The van der Waals surface area contributed by atoms with Gasteiger partial charge in [0.05, 0.1) is 29.2 Å². The molecular formula is C22H27N5O4S. The molecule has 2 aromatic heterocycles. The summed E-state index contributed by atoms with van der Waals surface area (Å²) in [6, 6.07) is 6.62. The SMILES string of the molecule is Cc1ccc(NS(C)(=O)=O)c(C(=O)N2CCCC[C@H]2c2cc3nc(C)c(C)c(=O)n3[nH]2)c1. The van der Waals surface area contributed by atoms with Crippen LogP contribution in [0.3, 0.4) is 0 Å². The summed E-state index contributed by atoms with van der Waals surface area (Å²) in [6.45, 7) is 5.93. The van der Waals surface area contributed by atoms with Gasteiger partial charge in [0.15, 0.2) is 5.65 Å². The molecule has 0 aliphatic carbocycles. The summed E-state index contributed by atoms with van der Waals surface area (Å²) in [5.41, 5.74) is 3.75. The highest BCUT2D eigenvalue weighted by Crippen LogP contribution is 2.33. The summed E-state index contributed by atoms with van der Waals surface area (Å²) >= 11 is 0. The van der Waals surface area contributed by atoms with Crippen LogP contribution in [0.2, 0.25) is 0 Å². The summed E-state index contributed by atoms with van der Waals surface area (Å²) in [5.74, 6) is -0.254. The van der Waals surface area contributed by atoms with Crippen molar-refractivity contribution in [3.63, 3.8) is 0 Å². The highest BCUT2D eigenvalue weighted by atomic mass is 32.2. The molecule has 0 radical (unpaired) electrons. The highest BCUT2D eigenvalue weighted by Gasteiger charge is 2.32. The van der Waals surface area contributed by atoms with Crippen LogP contribution in [0.25, 0.3) is 5.65 Å². The first-order valence-corrected chi connectivity index (χ1v) is 12.4. The second-order valence-corrected chi connectivity index (χ2v) is 10.2. The molecule has 4 rings (SSSR count). The van der Waals surface area contributed by atoms with Gasteiger partial charge < -0.3 is 4.90 Å². The molecule has 1 aliphatic heterocycles. The largest absolute Gasteiger partial charge is 0.330 e. The van der Waals surface area contributed by atoms with E-state index in [0.29, 0.717) is 29.0 Å². The maximum absolute atomic E-state index is 13.6. The Bertz CT molecular complexity index is 1370. The van der Waals surface area contributed by atoms with Gasteiger partial charge in [-0.25, -0.2) is 17.9 Å². The molecule has 0 spiro atoms. The van der Waals surface area contributed by atoms with Crippen molar-refractivity contribution in [2.24, 2.45) is 0 Å². The van der Waals surface area contributed by atoms with Crippen molar-refractivity contribution >= 4 is 27.3 Å². The zero-order chi connectivity index (χ0) is 23.2. The fourth-order valence-electron chi connectivity index (χ4n) is 4.18. The number of aromatic nitrogens is 3. The third-order valence-electron chi connectivity index (χ3n) is 5.93. The number of carbonyl (C=O) groups is 1. The number of hydrogen-bond donors (Lipinski definition) is 2. The fourth-order valence-corrected chi connectivity index (χ4v) is 4.76. The van der Waals surface area contributed by atoms with Crippen LogP contribution in [0.4, 0.5) is 5.69 Å². The lowest BCUT2D eigenvalue weighted by molar-refractivity contribution is 0.0606. The molecular weight excluding hydrogens is 430 g/mol. The lowest BCUT2D eigenvalue weighted by Crippen LogP contribution is -2.39. The topological polar surface area (TPSA) is 117 Å². The minimum atomic E-state index is -3.55. The quantitative estimate of drug-likeness (QED) is 0.625. The number of likely N-dealkylation sites (tertiary alicyclic amines) is 1. The number of aryl methyl sites for hydroxylation is 2. The van der Waals surface area contributed by atoms with Gasteiger partial charge in [-0.1, -0.05) is 11.6 Å². The molecule has 3 heterocycles. The van der Waals surface area contributed by atoms with Crippen molar-refractivity contribution in [3.05, 3.63) is 62.7 Å². The predicted molar refractivity (Wildman–Crippen MR) is 123 cm³/mol. The van der Waals surface area contributed by atoms with Crippen molar-refractivity contribution < 1.29 is 13.2 Å². The van der Waals surface area contributed by atoms with Crippen LogP contribution in [-0.4, -0.2) is 46.6 Å². The third kappa shape index (κ3) is 4.14. The predicted octanol–water partition coefficient (Wildman–Crippen LogP) is 2.69. The highest BCUT2D eigenvalue weighted by molar-refractivity contribution is 7.92. The van der Waals surface area contributed by atoms with E-state index in [0.717, 1.165) is 36.8 Å². The average molecular weight is 458 g/mol. The van der Waals surface area contributed by atoms with E-state index >= 15 is 0 Å². The van der Waals surface area contributed by atoms with Crippen LogP contribution < -0.4 is 10.3 Å². The van der Waals surface area contributed by atoms with Crippen LogP contribution in [-0.2, 0) is 10.0 Å². The maximum Gasteiger partial charge on any atom is 0.275 e. The van der Waals surface area contributed by atoms with Crippen LogP contribution in [0.1, 0.15) is 58.2 Å². The fraction of sp³-hybridized carbons (Fsp3) is 0.409. The van der Waals surface area contributed by atoms with E-state index in [-0.39, 0.29) is 23.2 Å². The molecule has 3 aromatic rings. The Labute approximate surface area is 186 Å². The second-order valence-electron chi connectivity index (χ2n) is 8.47. The molecule has 170 valence electrons. The van der Waals surface area contributed by atoms with Crippen LogP contribution in [0, 0.1) is 20.8 Å². The first-order chi connectivity index (χ1) is 15.0.